The molecule has 126 valence electrons. The van der Waals surface area contributed by atoms with Crippen LogP contribution in [0.15, 0.2) is 0 Å². The topological polar surface area (TPSA) is 26.3 Å². The average Bonchev–Trinajstić information content (AvgIpc) is 2.35. The van der Waals surface area contributed by atoms with Gasteiger partial charge < -0.3 is 4.74 Å². The Morgan fingerprint density at radius 2 is 1.50 bits per heavy atom. The van der Waals surface area contributed by atoms with Crippen molar-refractivity contribution in [2.24, 2.45) is 23.2 Å². The van der Waals surface area contributed by atoms with Gasteiger partial charge in [-0.25, -0.2) is 8.78 Å². The molecule has 4 saturated carbocycles. The van der Waals surface area contributed by atoms with Gasteiger partial charge in [-0.2, -0.15) is 8.78 Å². The SMILES string of the molecule is CC(F)(F)C(F)(F)CCOC(=O)C12CC3CC(CC(C3)C1)C2. The molecule has 4 aliphatic rings. The van der Waals surface area contributed by atoms with E-state index in [1.54, 1.807) is 0 Å². The van der Waals surface area contributed by atoms with E-state index < -0.39 is 36.3 Å². The molecule has 0 aromatic carbocycles. The first kappa shape index (κ1) is 16.1. The van der Waals surface area contributed by atoms with Gasteiger partial charge in [-0.3, -0.25) is 4.79 Å². The maximum absolute atomic E-state index is 13.2. The van der Waals surface area contributed by atoms with Crippen LogP contribution in [0.1, 0.15) is 51.9 Å². The van der Waals surface area contributed by atoms with Crippen molar-refractivity contribution in [3.05, 3.63) is 0 Å². The second-order valence-electron chi connectivity index (χ2n) is 7.68. The van der Waals surface area contributed by atoms with E-state index in [0.717, 1.165) is 38.5 Å². The summed E-state index contributed by atoms with van der Waals surface area (Å²) in [5.41, 5.74) is -0.529. The van der Waals surface area contributed by atoms with Gasteiger partial charge in [-0.1, -0.05) is 0 Å². The van der Waals surface area contributed by atoms with Crippen molar-refractivity contribution in [3.63, 3.8) is 0 Å². The Morgan fingerprint density at radius 1 is 1.05 bits per heavy atom. The van der Waals surface area contributed by atoms with Crippen LogP contribution in [-0.2, 0) is 9.53 Å². The van der Waals surface area contributed by atoms with Crippen molar-refractivity contribution in [3.8, 4) is 0 Å². The lowest BCUT2D eigenvalue weighted by atomic mass is 9.49. The van der Waals surface area contributed by atoms with Crippen molar-refractivity contribution in [2.45, 2.75) is 63.7 Å². The highest BCUT2D eigenvalue weighted by Gasteiger charge is 2.56. The van der Waals surface area contributed by atoms with E-state index in [0.29, 0.717) is 17.8 Å². The van der Waals surface area contributed by atoms with Crippen LogP contribution in [0.4, 0.5) is 17.6 Å². The zero-order chi connectivity index (χ0) is 16.2. The summed E-state index contributed by atoms with van der Waals surface area (Å²) in [6, 6.07) is 0. The molecule has 4 fully saturated rings. The molecule has 4 aliphatic carbocycles. The minimum absolute atomic E-state index is 0.188. The lowest BCUT2D eigenvalue weighted by Gasteiger charge is -2.55. The molecular weight excluding hydrogens is 300 g/mol. The molecule has 0 aromatic rings. The third-order valence-electron chi connectivity index (χ3n) is 5.76. The molecule has 22 heavy (non-hydrogen) atoms. The Balaban J connectivity index is 1.57. The smallest absolute Gasteiger partial charge is 0.313 e. The van der Waals surface area contributed by atoms with Crippen LogP contribution in [0, 0.1) is 23.2 Å². The number of ether oxygens (including phenoxy) is 1. The molecule has 0 saturated heterocycles. The number of alkyl halides is 4. The zero-order valence-corrected chi connectivity index (χ0v) is 12.7. The van der Waals surface area contributed by atoms with Gasteiger partial charge in [0.2, 0.25) is 0 Å². The molecule has 0 N–H and O–H groups in total. The van der Waals surface area contributed by atoms with E-state index in [1.165, 1.54) is 0 Å². The second kappa shape index (κ2) is 5.10. The molecule has 0 amide bonds. The molecule has 0 aromatic heterocycles. The molecule has 4 bridgehead atoms. The highest BCUT2D eigenvalue weighted by molar-refractivity contribution is 5.77. The van der Waals surface area contributed by atoms with E-state index in [2.05, 4.69) is 0 Å². The predicted octanol–water partition coefficient (Wildman–Crippen LogP) is 4.43. The molecule has 2 nitrogen and oxygen atoms in total. The normalized spacial score (nSPS) is 37.4. The number of carbonyl (C=O) groups is 1. The highest BCUT2D eigenvalue weighted by Crippen LogP contribution is 2.60. The van der Waals surface area contributed by atoms with Gasteiger partial charge in [-0.05, 0) is 56.3 Å². The van der Waals surface area contributed by atoms with Crippen molar-refractivity contribution in [1.29, 1.82) is 0 Å². The van der Waals surface area contributed by atoms with Gasteiger partial charge in [0.1, 0.15) is 0 Å². The summed E-state index contributed by atoms with van der Waals surface area (Å²) < 4.78 is 56.9. The van der Waals surface area contributed by atoms with E-state index in [-0.39, 0.29) is 6.92 Å². The Kier molecular flexibility index (Phi) is 3.72. The number of rotatable bonds is 5. The summed E-state index contributed by atoms with van der Waals surface area (Å²) in [7, 11) is 0. The molecule has 0 unspecified atom stereocenters. The molecule has 0 atom stereocenters. The minimum Gasteiger partial charge on any atom is -0.465 e. The molecule has 6 heteroatoms. The number of carbonyl (C=O) groups excluding carboxylic acids is 1. The van der Waals surface area contributed by atoms with Gasteiger partial charge in [0.05, 0.1) is 18.4 Å². The van der Waals surface area contributed by atoms with Gasteiger partial charge in [-0.15, -0.1) is 0 Å². The molecule has 4 rings (SSSR count). The van der Waals surface area contributed by atoms with E-state index in [1.807, 2.05) is 0 Å². The fourth-order valence-electron chi connectivity index (χ4n) is 5.01. The first-order chi connectivity index (χ1) is 10.1. The molecule has 0 spiro atoms. The highest BCUT2D eigenvalue weighted by atomic mass is 19.3. The van der Waals surface area contributed by atoms with Crippen molar-refractivity contribution >= 4 is 5.97 Å². The van der Waals surface area contributed by atoms with Gasteiger partial charge >= 0.3 is 17.8 Å². The summed E-state index contributed by atoms with van der Waals surface area (Å²) in [4.78, 5) is 12.4. The van der Waals surface area contributed by atoms with Gasteiger partial charge in [0.25, 0.3) is 0 Å². The van der Waals surface area contributed by atoms with E-state index in [4.69, 9.17) is 4.74 Å². The van der Waals surface area contributed by atoms with Crippen LogP contribution < -0.4 is 0 Å². The number of halogens is 4. The molecule has 0 radical (unpaired) electrons. The minimum atomic E-state index is -4.14. The molecule has 0 heterocycles. The Labute approximate surface area is 127 Å². The summed E-state index contributed by atoms with van der Waals surface area (Å²) in [6.07, 6.45) is 4.68. The second-order valence-corrected chi connectivity index (χ2v) is 7.68. The standard InChI is InChI=1S/C16H22F4O2/c1-14(17,18)16(19,20)2-3-22-13(21)15-7-10-4-11(8-15)6-12(5-10)9-15/h10-12H,2-9H2,1H3. The summed E-state index contributed by atoms with van der Waals surface area (Å²) in [6.45, 7) is -0.453. The van der Waals surface area contributed by atoms with Crippen LogP contribution in [-0.4, -0.2) is 24.4 Å². The largest absolute Gasteiger partial charge is 0.465 e. The average molecular weight is 322 g/mol. The van der Waals surface area contributed by atoms with Crippen LogP contribution in [0.25, 0.3) is 0 Å². The van der Waals surface area contributed by atoms with Crippen molar-refractivity contribution in [1.82, 2.24) is 0 Å². The van der Waals surface area contributed by atoms with E-state index >= 15 is 0 Å². The van der Waals surface area contributed by atoms with Crippen LogP contribution in [0.2, 0.25) is 0 Å². The fourth-order valence-corrected chi connectivity index (χ4v) is 5.01. The van der Waals surface area contributed by atoms with Gasteiger partial charge in [0, 0.05) is 6.92 Å². The number of hydrogen-bond donors (Lipinski definition) is 0. The predicted molar refractivity (Wildman–Crippen MR) is 71.7 cm³/mol. The Hall–Kier alpha value is -0.810. The fraction of sp³-hybridized carbons (Fsp3) is 0.938. The zero-order valence-electron chi connectivity index (χ0n) is 12.7. The Bertz CT molecular complexity index is 420. The Morgan fingerprint density at radius 3 is 1.91 bits per heavy atom. The van der Waals surface area contributed by atoms with Crippen LogP contribution in [0.3, 0.4) is 0 Å². The van der Waals surface area contributed by atoms with Crippen LogP contribution in [0.5, 0.6) is 0 Å². The summed E-state index contributed by atoms with van der Waals surface area (Å²) in [5.74, 6) is -7.06. The third kappa shape index (κ3) is 2.73. The van der Waals surface area contributed by atoms with Gasteiger partial charge in [0.15, 0.2) is 0 Å². The van der Waals surface area contributed by atoms with Crippen molar-refractivity contribution < 1.29 is 27.1 Å². The monoisotopic (exact) mass is 322 g/mol. The van der Waals surface area contributed by atoms with E-state index in [9.17, 15) is 22.4 Å². The maximum atomic E-state index is 13.2. The lowest BCUT2D eigenvalue weighted by Crippen LogP contribution is -2.50. The maximum Gasteiger partial charge on any atom is 0.313 e. The number of esters is 1. The molecular formula is C16H22F4O2. The van der Waals surface area contributed by atoms with Crippen molar-refractivity contribution in [2.75, 3.05) is 6.61 Å². The molecule has 0 aliphatic heterocycles. The first-order valence-corrected chi connectivity index (χ1v) is 8.04. The number of hydrogen-bond acceptors (Lipinski definition) is 2. The summed E-state index contributed by atoms with van der Waals surface area (Å²) in [5, 5.41) is 0. The summed E-state index contributed by atoms with van der Waals surface area (Å²) >= 11 is 0. The first-order valence-electron chi connectivity index (χ1n) is 8.04. The van der Waals surface area contributed by atoms with Crippen LogP contribution >= 0.6 is 0 Å². The quantitative estimate of drug-likeness (QED) is 0.553. The third-order valence-corrected chi connectivity index (χ3v) is 5.76. The lowest BCUT2D eigenvalue weighted by molar-refractivity contribution is -0.209.